The van der Waals surface area contributed by atoms with E-state index in [1.807, 2.05) is 49.4 Å². The molecule has 3 rings (SSSR count). The summed E-state index contributed by atoms with van der Waals surface area (Å²) in [6, 6.07) is 15.6. The topological polar surface area (TPSA) is 54.0 Å². The summed E-state index contributed by atoms with van der Waals surface area (Å²) in [6.07, 6.45) is 0. The number of hydrogen-bond acceptors (Lipinski definition) is 3. The Balaban J connectivity index is 1.61. The second-order valence-corrected chi connectivity index (χ2v) is 5.81. The highest BCUT2D eigenvalue weighted by molar-refractivity contribution is 7.22. The van der Waals surface area contributed by atoms with E-state index in [0.29, 0.717) is 11.7 Å². The van der Waals surface area contributed by atoms with Crippen LogP contribution in [0.1, 0.15) is 11.1 Å². The molecule has 0 radical (unpaired) electrons. The van der Waals surface area contributed by atoms with Crippen LogP contribution in [0.25, 0.3) is 10.2 Å². The summed E-state index contributed by atoms with van der Waals surface area (Å²) in [5, 5.41) is 6.22. The molecule has 1 heterocycles. The first-order chi connectivity index (χ1) is 10.2. The van der Waals surface area contributed by atoms with Crippen molar-refractivity contribution in [1.82, 2.24) is 10.3 Å². The Morgan fingerprint density at radius 2 is 2.05 bits per heavy atom. The molecular weight excluding hydrogens is 282 g/mol. The average Bonchev–Trinajstić information content (AvgIpc) is 2.87. The quantitative estimate of drug-likeness (QED) is 0.769. The molecule has 2 N–H and O–H groups in total. The Hall–Kier alpha value is -2.40. The first kappa shape index (κ1) is 13.6. The monoisotopic (exact) mass is 297 g/mol. The average molecular weight is 297 g/mol. The molecule has 0 atom stereocenters. The lowest BCUT2D eigenvalue weighted by molar-refractivity contribution is 0.251. The van der Waals surface area contributed by atoms with Crippen molar-refractivity contribution < 1.29 is 4.79 Å². The van der Waals surface area contributed by atoms with Gasteiger partial charge in [0.05, 0.1) is 10.2 Å². The standard InChI is InChI=1S/C16H15N3OS/c1-11-5-4-6-12(9-11)10-17-15(20)19-16-18-13-7-2-3-8-14(13)21-16/h2-9H,10H2,1H3,(H2,17,18,19,20). The molecule has 0 aliphatic rings. The minimum atomic E-state index is -0.240. The molecule has 4 nitrogen and oxygen atoms in total. The maximum absolute atomic E-state index is 11.9. The zero-order chi connectivity index (χ0) is 14.7. The summed E-state index contributed by atoms with van der Waals surface area (Å²) in [5.41, 5.74) is 3.16. The number of benzene rings is 2. The van der Waals surface area contributed by atoms with Gasteiger partial charge in [-0.15, -0.1) is 0 Å². The van der Waals surface area contributed by atoms with Gasteiger partial charge in [0.15, 0.2) is 5.13 Å². The number of nitrogens with one attached hydrogen (secondary N) is 2. The van der Waals surface area contributed by atoms with Crippen LogP contribution in [0, 0.1) is 6.92 Å². The number of urea groups is 1. The molecule has 0 bridgehead atoms. The molecular formula is C16H15N3OS. The third kappa shape index (κ3) is 3.38. The molecule has 21 heavy (non-hydrogen) atoms. The lowest BCUT2D eigenvalue weighted by Gasteiger charge is -2.06. The van der Waals surface area contributed by atoms with E-state index >= 15 is 0 Å². The molecule has 0 saturated heterocycles. The van der Waals surface area contributed by atoms with Gasteiger partial charge in [0.25, 0.3) is 0 Å². The Morgan fingerprint density at radius 3 is 2.86 bits per heavy atom. The first-order valence-electron chi connectivity index (χ1n) is 6.67. The number of para-hydroxylation sites is 1. The van der Waals surface area contributed by atoms with E-state index in [4.69, 9.17) is 0 Å². The van der Waals surface area contributed by atoms with Gasteiger partial charge in [0.1, 0.15) is 0 Å². The van der Waals surface area contributed by atoms with Gasteiger partial charge in [-0.2, -0.15) is 0 Å². The van der Waals surface area contributed by atoms with E-state index in [0.717, 1.165) is 15.8 Å². The van der Waals surface area contributed by atoms with Crippen LogP contribution < -0.4 is 10.6 Å². The van der Waals surface area contributed by atoms with E-state index in [2.05, 4.69) is 21.7 Å². The molecule has 5 heteroatoms. The van der Waals surface area contributed by atoms with Gasteiger partial charge in [0, 0.05) is 6.54 Å². The Labute approximate surface area is 126 Å². The van der Waals surface area contributed by atoms with Crippen LogP contribution in [0.2, 0.25) is 0 Å². The number of thiazole rings is 1. The second kappa shape index (κ2) is 5.93. The van der Waals surface area contributed by atoms with Crippen molar-refractivity contribution in [3.8, 4) is 0 Å². The van der Waals surface area contributed by atoms with Crippen molar-refractivity contribution in [3.63, 3.8) is 0 Å². The van der Waals surface area contributed by atoms with Crippen LogP contribution >= 0.6 is 11.3 Å². The van der Waals surface area contributed by atoms with Crippen molar-refractivity contribution in [1.29, 1.82) is 0 Å². The summed E-state index contributed by atoms with van der Waals surface area (Å²) >= 11 is 1.47. The van der Waals surface area contributed by atoms with Gasteiger partial charge in [-0.25, -0.2) is 9.78 Å². The summed E-state index contributed by atoms with van der Waals surface area (Å²) in [5.74, 6) is 0. The Bertz CT molecular complexity index is 749. The predicted molar refractivity (Wildman–Crippen MR) is 86.7 cm³/mol. The number of carbonyl (C=O) groups excluding carboxylic acids is 1. The van der Waals surface area contributed by atoms with Crippen molar-refractivity contribution in [2.75, 3.05) is 5.32 Å². The smallest absolute Gasteiger partial charge is 0.321 e. The highest BCUT2D eigenvalue weighted by Gasteiger charge is 2.06. The Morgan fingerprint density at radius 1 is 1.19 bits per heavy atom. The molecule has 2 amide bonds. The summed E-state index contributed by atoms with van der Waals surface area (Å²) < 4.78 is 1.06. The summed E-state index contributed by atoms with van der Waals surface area (Å²) in [4.78, 5) is 16.3. The fourth-order valence-electron chi connectivity index (χ4n) is 2.07. The SMILES string of the molecule is Cc1cccc(CNC(=O)Nc2nc3ccccc3s2)c1. The van der Waals surface area contributed by atoms with Crippen LogP contribution in [-0.2, 0) is 6.54 Å². The normalized spacial score (nSPS) is 10.5. The molecule has 0 unspecified atom stereocenters. The van der Waals surface area contributed by atoms with Crippen LogP contribution in [-0.4, -0.2) is 11.0 Å². The lowest BCUT2D eigenvalue weighted by atomic mass is 10.1. The third-order valence-corrected chi connectivity index (χ3v) is 4.00. The molecule has 0 fully saturated rings. The number of carbonyl (C=O) groups is 1. The van der Waals surface area contributed by atoms with E-state index < -0.39 is 0 Å². The molecule has 0 spiro atoms. The largest absolute Gasteiger partial charge is 0.334 e. The van der Waals surface area contributed by atoms with Gasteiger partial charge < -0.3 is 5.32 Å². The highest BCUT2D eigenvalue weighted by atomic mass is 32.1. The van der Waals surface area contributed by atoms with Crippen molar-refractivity contribution in [3.05, 3.63) is 59.7 Å². The van der Waals surface area contributed by atoms with Crippen LogP contribution in [0.4, 0.5) is 9.93 Å². The molecule has 2 aromatic carbocycles. The number of fused-ring (bicyclic) bond motifs is 1. The number of aromatic nitrogens is 1. The molecule has 106 valence electrons. The van der Waals surface area contributed by atoms with Crippen LogP contribution in [0.15, 0.2) is 48.5 Å². The van der Waals surface area contributed by atoms with Crippen LogP contribution in [0.5, 0.6) is 0 Å². The van der Waals surface area contributed by atoms with E-state index in [1.54, 1.807) is 0 Å². The molecule has 0 aliphatic carbocycles. The number of hydrogen-bond donors (Lipinski definition) is 2. The zero-order valence-corrected chi connectivity index (χ0v) is 12.4. The Kier molecular flexibility index (Phi) is 3.83. The molecule has 3 aromatic rings. The van der Waals surface area contributed by atoms with Crippen molar-refractivity contribution in [2.24, 2.45) is 0 Å². The third-order valence-electron chi connectivity index (χ3n) is 3.05. The van der Waals surface area contributed by atoms with Gasteiger partial charge in [-0.3, -0.25) is 5.32 Å². The van der Waals surface area contributed by atoms with Gasteiger partial charge in [-0.1, -0.05) is 53.3 Å². The minimum Gasteiger partial charge on any atom is -0.334 e. The van der Waals surface area contributed by atoms with E-state index in [-0.39, 0.29) is 6.03 Å². The predicted octanol–water partition coefficient (Wildman–Crippen LogP) is 3.93. The number of amides is 2. The van der Waals surface area contributed by atoms with Gasteiger partial charge in [-0.05, 0) is 24.6 Å². The second-order valence-electron chi connectivity index (χ2n) is 4.78. The highest BCUT2D eigenvalue weighted by Crippen LogP contribution is 2.25. The minimum absolute atomic E-state index is 0.240. The maximum Gasteiger partial charge on any atom is 0.321 e. The van der Waals surface area contributed by atoms with Crippen molar-refractivity contribution >= 4 is 32.7 Å². The van der Waals surface area contributed by atoms with Gasteiger partial charge >= 0.3 is 6.03 Å². The number of nitrogens with zero attached hydrogens (tertiary/aromatic N) is 1. The maximum atomic E-state index is 11.9. The lowest BCUT2D eigenvalue weighted by Crippen LogP contribution is -2.28. The fraction of sp³-hybridized carbons (Fsp3) is 0.125. The van der Waals surface area contributed by atoms with Gasteiger partial charge in [0.2, 0.25) is 0 Å². The summed E-state index contributed by atoms with van der Waals surface area (Å²) in [6.45, 7) is 2.53. The number of aryl methyl sites for hydroxylation is 1. The van der Waals surface area contributed by atoms with Crippen LogP contribution in [0.3, 0.4) is 0 Å². The molecule has 1 aromatic heterocycles. The fourth-order valence-corrected chi connectivity index (χ4v) is 2.93. The van der Waals surface area contributed by atoms with E-state index in [1.165, 1.54) is 16.9 Å². The van der Waals surface area contributed by atoms with Crippen molar-refractivity contribution in [2.45, 2.75) is 13.5 Å². The number of rotatable bonds is 3. The number of anilines is 1. The van der Waals surface area contributed by atoms with E-state index in [9.17, 15) is 4.79 Å². The molecule has 0 aliphatic heterocycles. The summed E-state index contributed by atoms with van der Waals surface area (Å²) in [7, 11) is 0. The zero-order valence-electron chi connectivity index (χ0n) is 11.6. The molecule has 0 saturated carbocycles. The first-order valence-corrected chi connectivity index (χ1v) is 7.48.